The molecule has 0 N–H and O–H groups in total. The molecule has 3 heteroatoms. The summed E-state index contributed by atoms with van der Waals surface area (Å²) < 4.78 is 6.14. The van der Waals surface area contributed by atoms with Gasteiger partial charge < -0.3 is 4.74 Å². The highest BCUT2D eigenvalue weighted by Gasteiger charge is 2.61. The third-order valence-electron chi connectivity index (χ3n) is 10.4. The van der Waals surface area contributed by atoms with Crippen molar-refractivity contribution in [1.29, 1.82) is 0 Å². The fourth-order valence-corrected chi connectivity index (χ4v) is 9.24. The molecule has 4 aliphatic rings. The molecule has 0 radical (unpaired) electrons. The summed E-state index contributed by atoms with van der Waals surface area (Å²) in [5.41, 5.74) is 0.616. The number of hydrogen-bond acceptors (Lipinski definition) is 2. The molecule has 30 heavy (non-hydrogen) atoms. The van der Waals surface area contributed by atoms with Gasteiger partial charge in [0.1, 0.15) is 6.10 Å². The highest BCUT2D eigenvalue weighted by molar-refractivity contribution is 9.09. The molecule has 172 valence electrons. The predicted molar refractivity (Wildman–Crippen MR) is 128 cm³/mol. The highest BCUT2D eigenvalue weighted by Crippen LogP contribution is 2.66. The van der Waals surface area contributed by atoms with Crippen LogP contribution in [0.1, 0.15) is 105 Å². The third kappa shape index (κ3) is 4.03. The van der Waals surface area contributed by atoms with Crippen LogP contribution in [0.15, 0.2) is 0 Å². The summed E-state index contributed by atoms with van der Waals surface area (Å²) in [6.07, 6.45) is 13.8. The number of carbonyl (C=O) groups excluding carboxylic acids is 1. The van der Waals surface area contributed by atoms with Gasteiger partial charge in [0.15, 0.2) is 0 Å². The number of esters is 1. The Balaban J connectivity index is 1.53. The lowest BCUT2D eigenvalue weighted by Crippen LogP contribution is -2.51. The number of alkyl halides is 1. The van der Waals surface area contributed by atoms with Crippen LogP contribution in [-0.2, 0) is 9.53 Å². The minimum Gasteiger partial charge on any atom is -0.462 e. The zero-order valence-corrected chi connectivity index (χ0v) is 21.7. The minimum absolute atomic E-state index is 0.0954. The Morgan fingerprint density at radius 1 is 1.00 bits per heavy atom. The molecular formula is C27H45BrO2. The summed E-state index contributed by atoms with van der Waals surface area (Å²) in [4.78, 5) is 13.4. The molecule has 0 spiro atoms. The molecule has 9 atom stereocenters. The Morgan fingerprint density at radius 2 is 1.70 bits per heavy atom. The van der Waals surface area contributed by atoms with Crippen molar-refractivity contribution in [3.8, 4) is 0 Å². The van der Waals surface area contributed by atoms with Crippen molar-refractivity contribution in [3.05, 3.63) is 0 Å². The summed E-state index contributed by atoms with van der Waals surface area (Å²) in [5.74, 6) is 4.52. The number of fused-ring (bicyclic) bond motifs is 5. The van der Waals surface area contributed by atoms with Crippen LogP contribution in [0.25, 0.3) is 0 Å². The molecule has 4 rings (SSSR count). The Hall–Kier alpha value is -0.0500. The zero-order chi connectivity index (χ0) is 21.7. The number of ether oxygens (including phenoxy) is 1. The average Bonchev–Trinajstić information content (AvgIpc) is 2.97. The number of rotatable bonds is 5. The van der Waals surface area contributed by atoms with Gasteiger partial charge in [0.05, 0.1) is 0 Å². The lowest BCUT2D eigenvalue weighted by molar-refractivity contribution is -0.156. The minimum atomic E-state index is 0.0954. The highest BCUT2D eigenvalue weighted by atomic mass is 79.9. The second-order valence-corrected chi connectivity index (χ2v) is 13.8. The van der Waals surface area contributed by atoms with Crippen LogP contribution >= 0.6 is 15.9 Å². The molecular weight excluding hydrogens is 436 g/mol. The van der Waals surface area contributed by atoms with Crippen molar-refractivity contribution >= 4 is 21.9 Å². The SMILES string of the molecule is CC(C)CCCC(C)C1CCC2C3CC(=O)OC4CC(Br)CCC4(C)C3CCC12C. The summed E-state index contributed by atoms with van der Waals surface area (Å²) in [7, 11) is 0. The molecule has 1 saturated heterocycles. The van der Waals surface area contributed by atoms with Gasteiger partial charge in [-0.1, -0.05) is 69.8 Å². The fourth-order valence-electron chi connectivity index (χ4n) is 8.67. The first-order chi connectivity index (χ1) is 14.1. The van der Waals surface area contributed by atoms with Crippen molar-refractivity contribution in [3.63, 3.8) is 0 Å². The molecule has 0 aromatic carbocycles. The van der Waals surface area contributed by atoms with E-state index in [0.717, 1.165) is 30.1 Å². The van der Waals surface area contributed by atoms with E-state index in [1.54, 1.807) is 0 Å². The summed E-state index contributed by atoms with van der Waals surface area (Å²) >= 11 is 3.82. The van der Waals surface area contributed by atoms with Gasteiger partial charge in [0.25, 0.3) is 0 Å². The van der Waals surface area contributed by atoms with E-state index in [1.807, 2.05) is 0 Å². The van der Waals surface area contributed by atoms with Gasteiger partial charge >= 0.3 is 5.97 Å². The lowest BCUT2D eigenvalue weighted by atomic mass is 9.49. The summed E-state index contributed by atoms with van der Waals surface area (Å²) in [6.45, 7) is 12.3. The Kier molecular flexibility index (Phi) is 6.71. The van der Waals surface area contributed by atoms with Crippen molar-refractivity contribution < 1.29 is 9.53 Å². The van der Waals surface area contributed by atoms with Gasteiger partial charge in [0.2, 0.25) is 0 Å². The maximum absolute atomic E-state index is 12.9. The van der Waals surface area contributed by atoms with E-state index in [-0.39, 0.29) is 17.5 Å². The Morgan fingerprint density at radius 3 is 2.43 bits per heavy atom. The molecule has 1 aliphatic heterocycles. The maximum Gasteiger partial charge on any atom is 0.306 e. The number of halogens is 1. The molecule has 0 amide bonds. The number of hydrogen-bond donors (Lipinski definition) is 0. The van der Waals surface area contributed by atoms with Crippen molar-refractivity contribution in [2.75, 3.05) is 0 Å². The quantitative estimate of drug-likeness (QED) is 0.296. The van der Waals surface area contributed by atoms with E-state index >= 15 is 0 Å². The van der Waals surface area contributed by atoms with Gasteiger partial charge in [-0.3, -0.25) is 4.79 Å². The zero-order valence-electron chi connectivity index (χ0n) is 20.1. The maximum atomic E-state index is 12.9. The second-order valence-electron chi connectivity index (χ2n) is 12.5. The largest absolute Gasteiger partial charge is 0.462 e. The average molecular weight is 482 g/mol. The summed E-state index contributed by atoms with van der Waals surface area (Å²) in [5, 5.41) is 0. The van der Waals surface area contributed by atoms with Gasteiger partial charge in [-0.25, -0.2) is 0 Å². The van der Waals surface area contributed by atoms with Gasteiger partial charge in [-0.2, -0.15) is 0 Å². The van der Waals surface area contributed by atoms with Crippen LogP contribution in [0, 0.1) is 46.3 Å². The van der Waals surface area contributed by atoms with Crippen molar-refractivity contribution in [2.45, 2.75) is 116 Å². The van der Waals surface area contributed by atoms with Gasteiger partial charge in [-0.05, 0) is 85.9 Å². The lowest BCUT2D eigenvalue weighted by Gasteiger charge is -2.55. The van der Waals surface area contributed by atoms with Crippen LogP contribution in [0.5, 0.6) is 0 Å². The van der Waals surface area contributed by atoms with Crippen LogP contribution in [-0.4, -0.2) is 16.9 Å². The molecule has 0 aromatic heterocycles. The van der Waals surface area contributed by atoms with Crippen molar-refractivity contribution in [1.82, 2.24) is 0 Å². The second kappa shape index (κ2) is 8.71. The van der Waals surface area contributed by atoms with E-state index in [0.29, 0.717) is 28.5 Å². The standard InChI is InChI=1S/C27H45BrO2/c1-17(2)7-6-8-18(3)21-9-10-22-20-16-25(29)30-24-15-19(28)11-13-27(24,5)23(20)12-14-26(21,22)4/h17-24H,6-16H2,1-5H3. The van der Waals surface area contributed by atoms with Crippen LogP contribution < -0.4 is 0 Å². The van der Waals surface area contributed by atoms with E-state index in [1.165, 1.54) is 57.8 Å². The molecule has 3 aliphatic carbocycles. The van der Waals surface area contributed by atoms with Gasteiger partial charge in [0, 0.05) is 16.7 Å². The smallest absolute Gasteiger partial charge is 0.306 e. The van der Waals surface area contributed by atoms with E-state index in [2.05, 4.69) is 50.5 Å². The van der Waals surface area contributed by atoms with Crippen LogP contribution in [0.2, 0.25) is 0 Å². The van der Waals surface area contributed by atoms with E-state index in [4.69, 9.17) is 4.74 Å². The molecule has 2 nitrogen and oxygen atoms in total. The molecule has 9 unspecified atom stereocenters. The third-order valence-corrected chi connectivity index (χ3v) is 11.2. The molecule has 1 heterocycles. The molecule has 0 bridgehead atoms. The first kappa shape index (κ1) is 23.1. The Labute approximate surface area is 193 Å². The molecule has 0 aromatic rings. The Bertz CT molecular complexity index is 632. The molecule has 3 saturated carbocycles. The first-order valence-electron chi connectivity index (χ1n) is 13.0. The topological polar surface area (TPSA) is 26.3 Å². The fraction of sp³-hybridized carbons (Fsp3) is 0.963. The summed E-state index contributed by atoms with van der Waals surface area (Å²) in [6, 6.07) is 0. The monoisotopic (exact) mass is 480 g/mol. The normalized spacial score (nSPS) is 47.1. The van der Waals surface area contributed by atoms with Crippen molar-refractivity contribution in [2.24, 2.45) is 46.3 Å². The number of carbonyl (C=O) groups is 1. The van der Waals surface area contributed by atoms with Crippen LogP contribution in [0.3, 0.4) is 0 Å². The van der Waals surface area contributed by atoms with E-state index in [9.17, 15) is 4.79 Å². The van der Waals surface area contributed by atoms with E-state index < -0.39 is 0 Å². The predicted octanol–water partition coefficient (Wildman–Crippen LogP) is 7.78. The van der Waals surface area contributed by atoms with Gasteiger partial charge in [-0.15, -0.1) is 0 Å². The first-order valence-corrected chi connectivity index (χ1v) is 13.9. The molecule has 4 fully saturated rings. The van der Waals surface area contributed by atoms with Crippen LogP contribution in [0.4, 0.5) is 0 Å².